The Kier molecular flexibility index (Phi) is 8.43. The van der Waals surface area contributed by atoms with E-state index in [1.165, 1.54) is 87.3 Å². The first-order valence-electron chi connectivity index (χ1n) is 13.2. The predicted octanol–water partition coefficient (Wildman–Crippen LogP) is 9.66. The van der Waals surface area contributed by atoms with Crippen molar-refractivity contribution in [2.24, 2.45) is 11.8 Å². The maximum Gasteiger partial charge on any atom is -0.0162 e. The summed E-state index contributed by atoms with van der Waals surface area (Å²) in [5.74, 6) is 2.67. The topological polar surface area (TPSA) is 0 Å². The van der Waals surface area contributed by atoms with Gasteiger partial charge in [-0.15, -0.1) is 0 Å². The SMILES string of the molecule is C/C=C/CCC1=CCC(C2CCC(c3ccc(-c4ccc(CCC)cc4)cc3)CC2)CC1. The molecule has 0 aliphatic heterocycles. The maximum absolute atomic E-state index is 2.59. The summed E-state index contributed by atoms with van der Waals surface area (Å²) in [7, 11) is 0. The third kappa shape index (κ3) is 6.03. The lowest BCUT2D eigenvalue weighted by Gasteiger charge is -2.35. The van der Waals surface area contributed by atoms with Gasteiger partial charge in [-0.2, -0.15) is 0 Å². The van der Waals surface area contributed by atoms with E-state index in [1.54, 1.807) is 11.1 Å². The average molecular weight is 427 g/mol. The third-order valence-corrected chi connectivity index (χ3v) is 8.06. The van der Waals surface area contributed by atoms with Gasteiger partial charge in [0.15, 0.2) is 0 Å². The largest absolute Gasteiger partial charge is 0.0917 e. The van der Waals surface area contributed by atoms with Crippen LogP contribution >= 0.6 is 0 Å². The van der Waals surface area contributed by atoms with E-state index in [-0.39, 0.29) is 0 Å². The van der Waals surface area contributed by atoms with E-state index < -0.39 is 0 Å². The Bertz CT molecular complexity index is 873. The molecular formula is C32H42. The lowest BCUT2D eigenvalue weighted by atomic mass is 9.70. The summed E-state index contributed by atoms with van der Waals surface area (Å²) in [5, 5.41) is 0. The highest BCUT2D eigenvalue weighted by Gasteiger charge is 2.29. The van der Waals surface area contributed by atoms with Crippen molar-refractivity contribution in [3.05, 3.63) is 83.5 Å². The molecule has 0 aromatic heterocycles. The number of hydrogen-bond acceptors (Lipinski definition) is 0. The quantitative estimate of drug-likeness (QED) is 0.368. The maximum atomic E-state index is 2.59. The fourth-order valence-corrected chi connectivity index (χ4v) is 6.02. The van der Waals surface area contributed by atoms with Crippen LogP contribution in [0.2, 0.25) is 0 Å². The van der Waals surface area contributed by atoms with E-state index in [4.69, 9.17) is 0 Å². The van der Waals surface area contributed by atoms with Gasteiger partial charge in [0.25, 0.3) is 0 Å². The van der Waals surface area contributed by atoms with Crippen LogP contribution in [0.1, 0.15) is 95.1 Å². The van der Waals surface area contributed by atoms with E-state index in [2.05, 4.69) is 80.6 Å². The van der Waals surface area contributed by atoms with E-state index in [9.17, 15) is 0 Å². The first-order valence-corrected chi connectivity index (χ1v) is 13.2. The molecule has 4 rings (SSSR count). The van der Waals surface area contributed by atoms with Crippen LogP contribution in [0.3, 0.4) is 0 Å². The molecule has 0 saturated heterocycles. The highest BCUT2D eigenvalue weighted by molar-refractivity contribution is 5.64. The lowest BCUT2D eigenvalue weighted by Crippen LogP contribution is -2.22. The van der Waals surface area contributed by atoms with Gasteiger partial charge < -0.3 is 0 Å². The standard InChI is InChI=1S/C32H42/c1-3-5-6-8-26-11-15-28(16-12-26)30-19-23-32(24-20-30)31-21-17-29(18-22-31)27-13-9-25(7-4-2)10-14-27/h3,5,9-11,13-14,17-18,21-22,28,30,32H,4,6-8,12,15-16,19-20,23-24H2,1-2H3/b5-3+. The summed E-state index contributed by atoms with van der Waals surface area (Å²) in [6.07, 6.45) is 21.7. The molecule has 0 nitrogen and oxygen atoms in total. The molecule has 0 heteroatoms. The van der Waals surface area contributed by atoms with Crippen LogP contribution in [-0.4, -0.2) is 0 Å². The molecule has 1 atom stereocenters. The van der Waals surface area contributed by atoms with E-state index in [0.717, 1.165) is 17.8 Å². The van der Waals surface area contributed by atoms with Crippen LogP contribution in [0.15, 0.2) is 72.3 Å². The molecule has 0 heterocycles. The second kappa shape index (κ2) is 11.7. The molecule has 1 saturated carbocycles. The highest BCUT2D eigenvalue weighted by Crippen LogP contribution is 2.43. The molecule has 0 amide bonds. The van der Waals surface area contributed by atoms with Crippen molar-refractivity contribution in [3.8, 4) is 11.1 Å². The minimum Gasteiger partial charge on any atom is -0.0917 e. The van der Waals surface area contributed by atoms with Gasteiger partial charge in [-0.25, -0.2) is 0 Å². The highest BCUT2D eigenvalue weighted by atomic mass is 14.3. The average Bonchev–Trinajstić information content (AvgIpc) is 2.86. The van der Waals surface area contributed by atoms with Crippen molar-refractivity contribution >= 4 is 0 Å². The summed E-state index contributed by atoms with van der Waals surface area (Å²) in [6, 6.07) is 18.7. The molecule has 32 heavy (non-hydrogen) atoms. The molecule has 0 bridgehead atoms. The van der Waals surface area contributed by atoms with E-state index >= 15 is 0 Å². The van der Waals surface area contributed by atoms with E-state index in [1.807, 2.05) is 0 Å². The zero-order valence-corrected chi connectivity index (χ0v) is 20.4. The third-order valence-electron chi connectivity index (χ3n) is 8.06. The molecule has 1 unspecified atom stereocenters. The van der Waals surface area contributed by atoms with Crippen LogP contribution in [0.25, 0.3) is 11.1 Å². The van der Waals surface area contributed by atoms with Gasteiger partial charge in [-0.3, -0.25) is 0 Å². The zero-order valence-electron chi connectivity index (χ0n) is 20.4. The zero-order chi connectivity index (χ0) is 22.2. The van der Waals surface area contributed by atoms with Crippen LogP contribution in [0, 0.1) is 11.8 Å². The number of aryl methyl sites for hydroxylation is 1. The van der Waals surface area contributed by atoms with Gasteiger partial charge in [0.1, 0.15) is 0 Å². The van der Waals surface area contributed by atoms with Crippen molar-refractivity contribution in [1.82, 2.24) is 0 Å². The predicted molar refractivity (Wildman–Crippen MR) is 140 cm³/mol. The second-order valence-corrected chi connectivity index (χ2v) is 10.2. The lowest BCUT2D eigenvalue weighted by molar-refractivity contribution is 0.217. The first kappa shape index (κ1) is 23.1. The van der Waals surface area contributed by atoms with Crippen LogP contribution < -0.4 is 0 Å². The monoisotopic (exact) mass is 426 g/mol. The Morgan fingerprint density at radius 1 is 0.781 bits per heavy atom. The molecule has 0 N–H and O–H groups in total. The van der Waals surface area contributed by atoms with Crippen LogP contribution in [0.4, 0.5) is 0 Å². The van der Waals surface area contributed by atoms with Gasteiger partial charge in [0, 0.05) is 0 Å². The van der Waals surface area contributed by atoms with Gasteiger partial charge >= 0.3 is 0 Å². The molecule has 2 aliphatic carbocycles. The Balaban J connectivity index is 1.27. The number of allylic oxidation sites excluding steroid dienone is 4. The van der Waals surface area contributed by atoms with Gasteiger partial charge in [-0.1, -0.05) is 85.7 Å². The summed E-state index contributed by atoms with van der Waals surface area (Å²) in [5.41, 5.74) is 7.42. The summed E-state index contributed by atoms with van der Waals surface area (Å²) < 4.78 is 0. The minimum absolute atomic E-state index is 0.766. The molecule has 0 spiro atoms. The van der Waals surface area contributed by atoms with Crippen molar-refractivity contribution in [2.75, 3.05) is 0 Å². The van der Waals surface area contributed by atoms with Crippen molar-refractivity contribution in [2.45, 2.75) is 90.4 Å². The van der Waals surface area contributed by atoms with E-state index in [0.29, 0.717) is 0 Å². The molecule has 0 radical (unpaired) electrons. The van der Waals surface area contributed by atoms with Crippen molar-refractivity contribution in [3.63, 3.8) is 0 Å². The molecule has 2 aromatic carbocycles. The second-order valence-electron chi connectivity index (χ2n) is 10.2. The normalized spacial score (nSPS) is 23.9. The molecular weight excluding hydrogens is 384 g/mol. The van der Waals surface area contributed by atoms with Gasteiger partial charge in [-0.05, 0) is 111 Å². The number of hydrogen-bond donors (Lipinski definition) is 0. The molecule has 170 valence electrons. The van der Waals surface area contributed by atoms with Crippen molar-refractivity contribution < 1.29 is 0 Å². The minimum atomic E-state index is 0.766. The van der Waals surface area contributed by atoms with Crippen molar-refractivity contribution in [1.29, 1.82) is 0 Å². The first-order chi connectivity index (χ1) is 15.8. The Labute approximate surface area is 196 Å². The van der Waals surface area contributed by atoms with Gasteiger partial charge in [0.05, 0.1) is 0 Å². The number of rotatable bonds is 8. The summed E-state index contributed by atoms with van der Waals surface area (Å²) in [6.45, 7) is 4.37. The Hall–Kier alpha value is -2.08. The fourth-order valence-electron chi connectivity index (χ4n) is 6.02. The Morgan fingerprint density at radius 3 is 2.06 bits per heavy atom. The summed E-state index contributed by atoms with van der Waals surface area (Å²) in [4.78, 5) is 0. The fraction of sp³-hybridized carbons (Fsp3) is 0.500. The van der Waals surface area contributed by atoms with Crippen LogP contribution in [0.5, 0.6) is 0 Å². The van der Waals surface area contributed by atoms with Gasteiger partial charge in [0.2, 0.25) is 0 Å². The molecule has 2 aromatic rings. The summed E-state index contributed by atoms with van der Waals surface area (Å²) >= 11 is 0. The Morgan fingerprint density at radius 2 is 1.47 bits per heavy atom. The number of benzene rings is 2. The molecule has 2 aliphatic rings. The van der Waals surface area contributed by atoms with Crippen LogP contribution in [-0.2, 0) is 6.42 Å². The smallest absolute Gasteiger partial charge is 0.0162 e. The molecule has 1 fully saturated rings.